The van der Waals surface area contributed by atoms with Crippen molar-refractivity contribution in [2.45, 2.75) is 52.0 Å². The molecule has 3 fully saturated rings. The van der Waals surface area contributed by atoms with Crippen molar-refractivity contribution in [2.75, 3.05) is 26.8 Å². The summed E-state index contributed by atoms with van der Waals surface area (Å²) in [7, 11) is 1.41. The lowest BCUT2D eigenvalue weighted by atomic mass is 9.45. The van der Waals surface area contributed by atoms with Gasteiger partial charge in [0, 0.05) is 53.6 Å². The molecule has 3 aliphatic heterocycles. The summed E-state index contributed by atoms with van der Waals surface area (Å²) in [5, 5.41) is 14.0. The van der Waals surface area contributed by atoms with Crippen molar-refractivity contribution in [3.05, 3.63) is 27.7 Å². The summed E-state index contributed by atoms with van der Waals surface area (Å²) in [6, 6.07) is -0.0709. The van der Waals surface area contributed by atoms with Crippen molar-refractivity contribution in [3.63, 3.8) is 0 Å². The van der Waals surface area contributed by atoms with E-state index >= 15 is 0 Å². The van der Waals surface area contributed by atoms with Crippen LogP contribution in [0.4, 0.5) is 0 Å². The van der Waals surface area contributed by atoms with Crippen molar-refractivity contribution in [2.24, 2.45) is 28.6 Å². The van der Waals surface area contributed by atoms with Crippen LogP contribution in [-0.4, -0.2) is 49.2 Å². The molecule has 0 aromatic heterocycles. The largest absolute Gasteiger partial charge is 0.633 e. The Morgan fingerprint density at radius 1 is 1.31 bits per heavy atom. The average Bonchev–Trinajstić information content (AvgIpc) is 3.13. The molecular formula is C23H29NO5. The van der Waals surface area contributed by atoms with E-state index in [9.17, 15) is 14.8 Å². The zero-order valence-electron chi connectivity index (χ0n) is 17.5. The lowest BCUT2D eigenvalue weighted by Gasteiger charge is -2.62. The van der Waals surface area contributed by atoms with Crippen LogP contribution in [0.1, 0.15) is 46.0 Å². The molecule has 1 saturated carbocycles. The van der Waals surface area contributed by atoms with Crippen molar-refractivity contribution >= 4 is 11.8 Å². The summed E-state index contributed by atoms with van der Waals surface area (Å²) in [5.41, 5.74) is 1.40. The average molecular weight is 399 g/mol. The highest BCUT2D eigenvalue weighted by Gasteiger charge is 2.78. The normalized spacial score (nSPS) is 49.6. The predicted octanol–water partition coefficient (Wildman–Crippen LogP) is 2.87. The van der Waals surface area contributed by atoms with E-state index in [0.29, 0.717) is 44.5 Å². The molecule has 0 radical (unpaired) electrons. The summed E-state index contributed by atoms with van der Waals surface area (Å²) in [5.74, 6) is 1.000. The minimum Gasteiger partial charge on any atom is -0.633 e. The highest BCUT2D eigenvalue weighted by atomic mass is 16.6. The number of hydrogen-bond acceptors (Lipinski definition) is 5. The molecule has 2 bridgehead atoms. The van der Waals surface area contributed by atoms with E-state index in [2.05, 4.69) is 13.8 Å². The van der Waals surface area contributed by atoms with Gasteiger partial charge in [0.25, 0.3) is 0 Å². The third kappa shape index (κ3) is 1.79. The molecule has 6 heteroatoms. The smallest absolute Gasteiger partial charge is 0.334 e. The number of rotatable bonds is 1. The number of esters is 1. The molecule has 0 unspecified atom stereocenters. The van der Waals surface area contributed by atoms with Gasteiger partial charge in [0.2, 0.25) is 0 Å². The first-order chi connectivity index (χ1) is 13.8. The number of piperidine rings is 1. The molecule has 2 saturated heterocycles. The Morgan fingerprint density at radius 3 is 2.86 bits per heavy atom. The van der Waals surface area contributed by atoms with Gasteiger partial charge in [-0.25, -0.2) is 4.79 Å². The maximum Gasteiger partial charge on any atom is 0.334 e. The molecule has 3 heterocycles. The van der Waals surface area contributed by atoms with E-state index in [4.69, 9.17) is 9.47 Å². The van der Waals surface area contributed by atoms with E-state index in [-0.39, 0.29) is 40.2 Å². The summed E-state index contributed by atoms with van der Waals surface area (Å²) in [4.78, 5) is 27.1. The lowest BCUT2D eigenvalue weighted by Crippen LogP contribution is -2.69. The zero-order valence-corrected chi connectivity index (χ0v) is 17.5. The second-order valence-electron chi connectivity index (χ2n) is 10.5. The summed E-state index contributed by atoms with van der Waals surface area (Å²) in [6.07, 6.45) is 3.38. The van der Waals surface area contributed by atoms with E-state index in [0.717, 1.165) is 29.7 Å². The van der Waals surface area contributed by atoms with Gasteiger partial charge in [-0.1, -0.05) is 13.8 Å². The molecule has 29 heavy (non-hydrogen) atoms. The number of hydroxylamine groups is 3. The molecule has 7 atom stereocenters. The number of Topliss-reactive ketones (excluding diaryl/α,β-unsaturated/α-hetero) is 1. The third-order valence-corrected chi connectivity index (χ3v) is 9.67. The highest BCUT2D eigenvalue weighted by Crippen LogP contribution is 2.74. The summed E-state index contributed by atoms with van der Waals surface area (Å²) in [6.45, 7) is 5.97. The molecule has 0 aromatic carbocycles. The van der Waals surface area contributed by atoms with Crippen LogP contribution in [0.3, 0.4) is 0 Å². The Morgan fingerprint density at radius 2 is 2.10 bits per heavy atom. The fraction of sp³-hybridized carbons (Fsp3) is 0.739. The van der Waals surface area contributed by atoms with Gasteiger partial charge in [0.15, 0.2) is 0 Å². The summed E-state index contributed by atoms with van der Waals surface area (Å²) < 4.78 is 11.1. The quantitative estimate of drug-likeness (QED) is 0.385. The van der Waals surface area contributed by atoms with E-state index in [1.807, 2.05) is 0 Å². The predicted molar refractivity (Wildman–Crippen MR) is 104 cm³/mol. The first-order valence-electron chi connectivity index (χ1n) is 11.1. The van der Waals surface area contributed by atoms with Crippen molar-refractivity contribution in [3.8, 4) is 0 Å². The van der Waals surface area contributed by atoms with Crippen molar-refractivity contribution in [1.82, 2.24) is 0 Å². The molecule has 0 aromatic rings. The van der Waals surface area contributed by atoms with E-state index in [1.54, 1.807) is 0 Å². The Balaban J connectivity index is 1.66. The monoisotopic (exact) mass is 399 g/mol. The Hall–Kier alpha value is -1.66. The van der Waals surface area contributed by atoms with Gasteiger partial charge >= 0.3 is 5.97 Å². The number of fused-ring (bicyclic) bond motifs is 1. The van der Waals surface area contributed by atoms with Gasteiger partial charge < -0.3 is 19.3 Å². The van der Waals surface area contributed by atoms with E-state index < -0.39 is 10.8 Å². The van der Waals surface area contributed by atoms with Crippen molar-refractivity contribution < 1.29 is 23.7 Å². The minimum atomic E-state index is -0.796. The maximum absolute atomic E-state index is 14.3. The highest BCUT2D eigenvalue weighted by molar-refractivity contribution is 6.01. The minimum absolute atomic E-state index is 0.0709. The summed E-state index contributed by atoms with van der Waals surface area (Å²) >= 11 is 0. The SMILES string of the molecule is COC(=O)C1=C2CCOC3=C2[C@@]2(C1)C(=O)[C@@H]1C[C@@H]4[C@@]2(C)[C@H](CC3)C[N@+]4([O-])C[C@H]1C. The topological polar surface area (TPSA) is 75.7 Å². The second kappa shape index (κ2) is 5.33. The standard InChI is InChI=1S/C23H29NO5/c1-12-10-24(27)11-13-4-5-17-19-14(6-7-29-17)16(21(26)28-3)9-23(19)20(25)15(12)8-18(24)22(13,23)2/h12-13,15,18H,4-11H2,1-3H3/t12-,13-,15-,18-,22-,23+,24-/m1/s1. The number of carbonyl (C=O) groups excluding carboxylic acids is 2. The van der Waals surface area contributed by atoms with Gasteiger partial charge in [0.1, 0.15) is 11.5 Å². The first-order valence-corrected chi connectivity index (χ1v) is 11.1. The van der Waals surface area contributed by atoms with Crippen LogP contribution in [0.2, 0.25) is 0 Å². The van der Waals surface area contributed by atoms with Crippen LogP contribution in [0, 0.1) is 33.8 Å². The number of carbonyl (C=O) groups is 2. The number of hydrogen-bond donors (Lipinski definition) is 0. The van der Waals surface area contributed by atoms with Gasteiger partial charge in [-0.05, 0) is 18.4 Å². The zero-order chi connectivity index (χ0) is 20.3. The Labute approximate surface area is 171 Å². The fourth-order valence-corrected chi connectivity index (χ4v) is 8.54. The molecule has 6 rings (SSSR count). The number of ether oxygens (including phenoxy) is 2. The number of methoxy groups -OCH3 is 1. The molecule has 156 valence electrons. The molecule has 3 aliphatic carbocycles. The number of nitrogens with zero attached hydrogens (tertiary/aromatic N) is 1. The molecule has 6 aliphatic rings. The Bertz CT molecular complexity index is 920. The molecule has 1 spiro atoms. The second-order valence-corrected chi connectivity index (χ2v) is 10.5. The van der Waals surface area contributed by atoms with Crippen molar-refractivity contribution in [1.29, 1.82) is 0 Å². The van der Waals surface area contributed by atoms with Crippen LogP contribution >= 0.6 is 0 Å². The van der Waals surface area contributed by atoms with Crippen LogP contribution in [0.15, 0.2) is 22.5 Å². The van der Waals surface area contributed by atoms with Crippen LogP contribution < -0.4 is 0 Å². The third-order valence-electron chi connectivity index (χ3n) is 9.67. The Kier molecular flexibility index (Phi) is 3.33. The number of ketones is 1. The molecular weight excluding hydrogens is 370 g/mol. The van der Waals surface area contributed by atoms with Crippen LogP contribution in [0.25, 0.3) is 0 Å². The van der Waals surface area contributed by atoms with Gasteiger partial charge in [-0.2, -0.15) is 0 Å². The van der Waals surface area contributed by atoms with E-state index in [1.165, 1.54) is 7.11 Å². The van der Waals surface area contributed by atoms with Gasteiger partial charge in [-0.15, -0.1) is 0 Å². The number of quaternary nitrogens is 1. The molecule has 0 N–H and O–H groups in total. The molecule has 0 amide bonds. The first kappa shape index (κ1) is 18.1. The fourth-order valence-electron chi connectivity index (χ4n) is 8.54. The van der Waals surface area contributed by atoms with Crippen LogP contribution in [0.5, 0.6) is 0 Å². The maximum atomic E-state index is 14.3. The van der Waals surface area contributed by atoms with Gasteiger partial charge in [0.05, 0.1) is 38.3 Å². The van der Waals surface area contributed by atoms with Crippen LogP contribution in [-0.2, 0) is 19.1 Å². The number of allylic oxidation sites excluding steroid dienone is 2. The van der Waals surface area contributed by atoms with Gasteiger partial charge in [-0.3, -0.25) is 4.79 Å². The molecule has 6 nitrogen and oxygen atoms in total. The lowest BCUT2D eigenvalue weighted by molar-refractivity contribution is -0.908.